The number of hydrogen-bond donors (Lipinski definition) is 2. The second-order valence-electron chi connectivity index (χ2n) is 12.3. The predicted octanol–water partition coefficient (Wildman–Crippen LogP) is 6.05. The Kier molecular flexibility index (Phi) is 7.66. The number of aromatic nitrogens is 4. The minimum Gasteiger partial charge on any atom is -0.364 e. The SMILES string of the molecule is C[C@H](CC(=O)N[C@@H](c1cnn2cc([C@@H](NC(=O)c3conc3C3CC3)C3CCC(F)(F)CC3)nc2c1)C1CC1)C(F)(F)F. The molecule has 3 saturated carbocycles. The summed E-state index contributed by atoms with van der Waals surface area (Å²) >= 11 is 0. The fourth-order valence-corrected chi connectivity index (χ4v) is 5.87. The number of imidazole rings is 1. The van der Waals surface area contributed by atoms with Crippen LogP contribution in [0.2, 0.25) is 0 Å². The maximum atomic E-state index is 14.0. The van der Waals surface area contributed by atoms with Gasteiger partial charge < -0.3 is 15.2 Å². The quantitative estimate of drug-likeness (QED) is 0.271. The zero-order valence-electron chi connectivity index (χ0n) is 23.5. The van der Waals surface area contributed by atoms with Crippen molar-refractivity contribution in [2.75, 3.05) is 0 Å². The standard InChI is InChI=1S/C29H33F5N6O3/c1-15(29(32,33)34)10-23(41)37-24(16-2-3-16)19-11-22-36-21(13-40(22)35-12-19)26(18-6-8-28(30,31)9-7-18)38-27(42)20-14-43-39-25(20)17-4-5-17/h11-18,24,26H,2-10H2,1H3,(H,37,41)(H,38,42)/t15-,24-,26+/m1/s1. The molecular formula is C29H33F5N6O3. The van der Waals surface area contributed by atoms with Gasteiger partial charge in [-0.05, 0) is 62.0 Å². The third-order valence-corrected chi connectivity index (χ3v) is 8.82. The average molecular weight is 609 g/mol. The van der Waals surface area contributed by atoms with Crippen LogP contribution in [0.5, 0.6) is 0 Å². The zero-order valence-corrected chi connectivity index (χ0v) is 23.5. The molecule has 0 unspecified atom stereocenters. The average Bonchev–Trinajstić information content (AvgIpc) is 3.88. The first-order valence-corrected chi connectivity index (χ1v) is 14.7. The molecule has 0 aromatic carbocycles. The molecule has 43 heavy (non-hydrogen) atoms. The number of carbonyl (C=O) groups is 2. The van der Waals surface area contributed by atoms with Gasteiger partial charge in [0.25, 0.3) is 5.91 Å². The molecule has 0 saturated heterocycles. The summed E-state index contributed by atoms with van der Waals surface area (Å²) in [5.74, 6) is -5.69. The van der Waals surface area contributed by atoms with Crippen molar-refractivity contribution in [3.8, 4) is 0 Å². The zero-order chi connectivity index (χ0) is 30.5. The first kappa shape index (κ1) is 29.5. The first-order valence-electron chi connectivity index (χ1n) is 14.7. The molecule has 0 aliphatic heterocycles. The van der Waals surface area contributed by atoms with Crippen molar-refractivity contribution in [2.24, 2.45) is 17.8 Å². The van der Waals surface area contributed by atoms with E-state index in [4.69, 9.17) is 9.51 Å². The van der Waals surface area contributed by atoms with Gasteiger partial charge in [0.1, 0.15) is 11.8 Å². The van der Waals surface area contributed by atoms with Gasteiger partial charge >= 0.3 is 6.18 Å². The highest BCUT2D eigenvalue weighted by Crippen LogP contribution is 2.44. The van der Waals surface area contributed by atoms with E-state index in [1.54, 1.807) is 18.5 Å². The molecule has 0 radical (unpaired) electrons. The molecule has 3 heterocycles. The van der Waals surface area contributed by atoms with E-state index in [2.05, 4.69) is 20.9 Å². The van der Waals surface area contributed by atoms with Crippen LogP contribution in [-0.2, 0) is 4.79 Å². The molecule has 0 bridgehead atoms. The second kappa shape index (κ2) is 11.2. The van der Waals surface area contributed by atoms with Crippen molar-refractivity contribution in [1.29, 1.82) is 0 Å². The van der Waals surface area contributed by atoms with E-state index < -0.39 is 48.3 Å². The third kappa shape index (κ3) is 6.67. The molecule has 3 atom stereocenters. The van der Waals surface area contributed by atoms with E-state index in [-0.39, 0.29) is 43.4 Å². The number of carbonyl (C=O) groups excluding carboxylic acids is 2. The molecule has 3 aromatic rings. The van der Waals surface area contributed by atoms with Crippen LogP contribution in [-0.4, -0.2) is 43.7 Å². The van der Waals surface area contributed by atoms with Crippen molar-refractivity contribution < 1.29 is 36.1 Å². The van der Waals surface area contributed by atoms with Gasteiger partial charge in [0.2, 0.25) is 11.8 Å². The fourth-order valence-electron chi connectivity index (χ4n) is 5.87. The number of nitrogens with one attached hydrogen (secondary N) is 2. The van der Waals surface area contributed by atoms with Crippen LogP contribution in [0.3, 0.4) is 0 Å². The molecule has 9 nitrogen and oxygen atoms in total. The molecule has 3 aliphatic carbocycles. The Hall–Kier alpha value is -3.58. The summed E-state index contributed by atoms with van der Waals surface area (Å²) in [6, 6.07) is 0.515. The van der Waals surface area contributed by atoms with Crippen molar-refractivity contribution in [1.82, 2.24) is 30.4 Å². The van der Waals surface area contributed by atoms with Gasteiger partial charge in [-0.3, -0.25) is 9.59 Å². The Balaban J connectivity index is 1.25. The monoisotopic (exact) mass is 608 g/mol. The molecule has 2 amide bonds. The second-order valence-corrected chi connectivity index (χ2v) is 12.3. The van der Waals surface area contributed by atoms with Crippen LogP contribution in [0.15, 0.2) is 29.2 Å². The van der Waals surface area contributed by atoms with Crippen molar-refractivity contribution >= 4 is 17.5 Å². The maximum Gasteiger partial charge on any atom is 0.392 e. The molecule has 2 N–H and O–H groups in total. The summed E-state index contributed by atoms with van der Waals surface area (Å²) in [6.07, 6.45) is 2.60. The van der Waals surface area contributed by atoms with Crippen LogP contribution in [0.4, 0.5) is 22.0 Å². The van der Waals surface area contributed by atoms with Crippen LogP contribution in [0.1, 0.15) is 110 Å². The lowest BCUT2D eigenvalue weighted by Gasteiger charge is -2.33. The van der Waals surface area contributed by atoms with Crippen LogP contribution in [0, 0.1) is 17.8 Å². The van der Waals surface area contributed by atoms with E-state index in [0.717, 1.165) is 32.6 Å². The highest BCUT2D eigenvalue weighted by atomic mass is 19.4. The van der Waals surface area contributed by atoms with E-state index in [9.17, 15) is 31.5 Å². The van der Waals surface area contributed by atoms with Gasteiger partial charge in [-0.25, -0.2) is 18.3 Å². The summed E-state index contributed by atoms with van der Waals surface area (Å²) in [5, 5.41) is 14.2. The molecule has 3 fully saturated rings. The predicted molar refractivity (Wildman–Crippen MR) is 142 cm³/mol. The summed E-state index contributed by atoms with van der Waals surface area (Å²) < 4.78 is 73.6. The third-order valence-electron chi connectivity index (χ3n) is 8.82. The largest absolute Gasteiger partial charge is 0.392 e. The number of alkyl halides is 5. The summed E-state index contributed by atoms with van der Waals surface area (Å²) in [4.78, 5) is 30.6. The number of rotatable bonds is 10. The number of halogens is 5. The summed E-state index contributed by atoms with van der Waals surface area (Å²) in [5.41, 5.74) is 2.37. The first-order chi connectivity index (χ1) is 20.4. The van der Waals surface area contributed by atoms with Gasteiger partial charge in [0.15, 0.2) is 5.65 Å². The molecule has 232 valence electrons. The lowest BCUT2D eigenvalue weighted by molar-refractivity contribution is -0.174. The molecule has 6 rings (SSSR count). The molecule has 3 aliphatic rings. The van der Waals surface area contributed by atoms with E-state index in [0.29, 0.717) is 28.2 Å². The van der Waals surface area contributed by atoms with E-state index >= 15 is 0 Å². The minimum absolute atomic E-state index is 0.0731. The number of fused-ring (bicyclic) bond motifs is 1. The molecular weight excluding hydrogens is 575 g/mol. The van der Waals surface area contributed by atoms with Gasteiger partial charge in [-0.2, -0.15) is 18.3 Å². The summed E-state index contributed by atoms with van der Waals surface area (Å²) in [7, 11) is 0. The highest BCUT2D eigenvalue weighted by molar-refractivity contribution is 5.95. The van der Waals surface area contributed by atoms with Crippen molar-refractivity contribution in [3.05, 3.63) is 47.2 Å². The lowest BCUT2D eigenvalue weighted by atomic mass is 9.81. The van der Waals surface area contributed by atoms with Crippen LogP contribution in [0.25, 0.3) is 5.65 Å². The van der Waals surface area contributed by atoms with Gasteiger partial charge in [-0.1, -0.05) is 12.1 Å². The normalized spacial score (nSPS) is 21.3. The Morgan fingerprint density at radius 1 is 1.07 bits per heavy atom. The Morgan fingerprint density at radius 2 is 1.77 bits per heavy atom. The lowest BCUT2D eigenvalue weighted by Crippen LogP contribution is -2.37. The van der Waals surface area contributed by atoms with Gasteiger partial charge in [-0.15, -0.1) is 0 Å². The van der Waals surface area contributed by atoms with E-state index in [1.165, 1.54) is 10.8 Å². The van der Waals surface area contributed by atoms with Gasteiger partial charge in [0.05, 0.1) is 41.8 Å². The maximum absolute atomic E-state index is 14.0. The number of hydrogen-bond acceptors (Lipinski definition) is 6. The molecule has 3 aromatic heterocycles. The fraction of sp³-hybridized carbons (Fsp3) is 0.621. The van der Waals surface area contributed by atoms with Crippen molar-refractivity contribution in [3.63, 3.8) is 0 Å². The highest BCUT2D eigenvalue weighted by Gasteiger charge is 2.41. The topological polar surface area (TPSA) is 114 Å². The van der Waals surface area contributed by atoms with Crippen LogP contribution < -0.4 is 10.6 Å². The Labute approximate surface area is 244 Å². The Bertz CT molecular complexity index is 1490. The number of nitrogens with zero attached hydrogens (tertiary/aromatic N) is 4. The van der Waals surface area contributed by atoms with Gasteiger partial charge in [0, 0.05) is 25.2 Å². The van der Waals surface area contributed by atoms with Crippen molar-refractivity contribution in [2.45, 2.75) is 94.8 Å². The Morgan fingerprint density at radius 3 is 2.42 bits per heavy atom. The number of amides is 2. The minimum atomic E-state index is -4.47. The smallest absolute Gasteiger partial charge is 0.364 e. The molecule has 14 heteroatoms. The van der Waals surface area contributed by atoms with Crippen LogP contribution >= 0.6 is 0 Å². The van der Waals surface area contributed by atoms with E-state index in [1.807, 2.05) is 0 Å². The molecule has 0 spiro atoms. The summed E-state index contributed by atoms with van der Waals surface area (Å²) in [6.45, 7) is 0.976.